The van der Waals surface area contributed by atoms with Crippen molar-refractivity contribution in [1.29, 1.82) is 0 Å². The van der Waals surface area contributed by atoms with Crippen LogP contribution in [0.2, 0.25) is 0 Å². The number of hydrogen-bond acceptors (Lipinski definition) is 2. The molecule has 0 aromatic heterocycles. The van der Waals surface area contributed by atoms with Gasteiger partial charge in [-0.2, -0.15) is 11.8 Å². The molecular formula is C13H23NOS. The first-order valence-corrected chi connectivity index (χ1v) is 7.83. The molecule has 2 nitrogen and oxygen atoms in total. The first-order valence-electron chi connectivity index (χ1n) is 6.67. The molecule has 1 aliphatic heterocycles. The molecule has 1 amide bonds. The summed E-state index contributed by atoms with van der Waals surface area (Å²) in [4.78, 5) is 12.0. The van der Waals surface area contributed by atoms with Gasteiger partial charge in [0.2, 0.25) is 5.91 Å². The molecule has 1 heterocycles. The molecule has 0 aromatic rings. The van der Waals surface area contributed by atoms with Crippen molar-refractivity contribution in [2.45, 2.75) is 51.5 Å². The van der Waals surface area contributed by atoms with E-state index in [1.165, 1.54) is 31.4 Å². The number of thioether (sulfide) groups is 1. The van der Waals surface area contributed by atoms with Crippen LogP contribution in [0.15, 0.2) is 0 Å². The fourth-order valence-corrected chi connectivity index (χ4v) is 3.95. The monoisotopic (exact) mass is 241 g/mol. The lowest BCUT2D eigenvalue weighted by Gasteiger charge is -2.27. The van der Waals surface area contributed by atoms with Gasteiger partial charge in [0.15, 0.2) is 0 Å². The van der Waals surface area contributed by atoms with Crippen molar-refractivity contribution in [3.63, 3.8) is 0 Å². The summed E-state index contributed by atoms with van der Waals surface area (Å²) in [6.45, 7) is 2.26. The van der Waals surface area contributed by atoms with E-state index in [2.05, 4.69) is 12.2 Å². The second kappa shape index (κ2) is 5.95. The van der Waals surface area contributed by atoms with Gasteiger partial charge < -0.3 is 5.32 Å². The van der Waals surface area contributed by atoms with E-state index in [1.54, 1.807) is 0 Å². The summed E-state index contributed by atoms with van der Waals surface area (Å²) in [5.41, 5.74) is 0. The average Bonchev–Trinajstić information content (AvgIpc) is 2.82. The molecule has 1 aliphatic carbocycles. The molecule has 1 unspecified atom stereocenters. The molecule has 0 bridgehead atoms. The van der Waals surface area contributed by atoms with E-state index in [-0.39, 0.29) is 0 Å². The Morgan fingerprint density at radius 1 is 1.25 bits per heavy atom. The maximum Gasteiger partial charge on any atom is 0.223 e. The van der Waals surface area contributed by atoms with E-state index >= 15 is 0 Å². The van der Waals surface area contributed by atoms with Crippen LogP contribution in [0.3, 0.4) is 0 Å². The molecule has 1 saturated carbocycles. The predicted molar refractivity (Wildman–Crippen MR) is 69.6 cm³/mol. The summed E-state index contributed by atoms with van der Waals surface area (Å²) in [7, 11) is 0. The van der Waals surface area contributed by atoms with Crippen LogP contribution in [0.1, 0.15) is 45.4 Å². The fraction of sp³-hybridized carbons (Fsp3) is 0.923. The number of amides is 1. The quantitative estimate of drug-likeness (QED) is 0.823. The van der Waals surface area contributed by atoms with Gasteiger partial charge in [0.05, 0.1) is 0 Å². The molecule has 1 atom stereocenters. The summed E-state index contributed by atoms with van der Waals surface area (Å²) < 4.78 is 0. The van der Waals surface area contributed by atoms with Crippen LogP contribution in [0.5, 0.6) is 0 Å². The van der Waals surface area contributed by atoms with Crippen molar-refractivity contribution in [1.82, 2.24) is 5.32 Å². The fourth-order valence-electron chi connectivity index (χ4n) is 2.80. The van der Waals surface area contributed by atoms with Gasteiger partial charge in [-0.15, -0.1) is 0 Å². The minimum atomic E-state index is 0.313. The summed E-state index contributed by atoms with van der Waals surface area (Å²) in [6, 6.07) is 0.460. The second-order valence-corrected chi connectivity index (χ2v) is 6.34. The van der Waals surface area contributed by atoms with Gasteiger partial charge in [-0.05, 0) is 43.8 Å². The van der Waals surface area contributed by atoms with Gasteiger partial charge in [0.1, 0.15) is 0 Å². The largest absolute Gasteiger partial charge is 0.352 e. The molecule has 2 rings (SSSR count). The molecule has 0 aromatic carbocycles. The van der Waals surface area contributed by atoms with Crippen molar-refractivity contribution in [2.24, 2.45) is 11.8 Å². The van der Waals surface area contributed by atoms with Gasteiger partial charge in [-0.1, -0.05) is 13.3 Å². The van der Waals surface area contributed by atoms with E-state index in [0.29, 0.717) is 17.9 Å². The number of rotatable bonds is 3. The summed E-state index contributed by atoms with van der Waals surface area (Å²) >= 11 is 1.96. The minimum Gasteiger partial charge on any atom is -0.352 e. The Kier molecular flexibility index (Phi) is 4.56. The highest BCUT2D eigenvalue weighted by Crippen LogP contribution is 2.31. The van der Waals surface area contributed by atoms with E-state index in [9.17, 15) is 4.79 Å². The van der Waals surface area contributed by atoms with Crippen LogP contribution >= 0.6 is 11.8 Å². The zero-order chi connectivity index (χ0) is 11.4. The molecular weight excluding hydrogens is 218 g/mol. The third kappa shape index (κ3) is 3.16. The van der Waals surface area contributed by atoms with Crippen LogP contribution in [0.4, 0.5) is 0 Å². The molecule has 0 spiro atoms. The number of hydrogen-bond donors (Lipinski definition) is 1. The first-order chi connectivity index (χ1) is 7.79. The predicted octanol–water partition coefficient (Wildman–Crippen LogP) is 2.82. The lowest BCUT2D eigenvalue weighted by Crippen LogP contribution is -2.40. The Morgan fingerprint density at radius 3 is 2.56 bits per heavy atom. The molecule has 1 N–H and O–H groups in total. The van der Waals surface area contributed by atoms with Crippen LogP contribution < -0.4 is 5.32 Å². The third-order valence-electron chi connectivity index (χ3n) is 4.07. The van der Waals surface area contributed by atoms with Crippen LogP contribution in [0, 0.1) is 11.8 Å². The van der Waals surface area contributed by atoms with Crippen molar-refractivity contribution in [3.05, 3.63) is 0 Å². The van der Waals surface area contributed by atoms with Crippen LogP contribution in [-0.2, 0) is 4.79 Å². The highest BCUT2D eigenvalue weighted by molar-refractivity contribution is 7.99. The van der Waals surface area contributed by atoms with E-state index in [0.717, 1.165) is 24.5 Å². The normalized spacial score (nSPS) is 34.9. The number of carbonyl (C=O) groups is 1. The third-order valence-corrected chi connectivity index (χ3v) is 5.23. The van der Waals surface area contributed by atoms with Crippen molar-refractivity contribution in [2.75, 3.05) is 11.5 Å². The minimum absolute atomic E-state index is 0.313. The molecule has 3 heteroatoms. The Hall–Kier alpha value is -0.180. The Labute approximate surface area is 103 Å². The Morgan fingerprint density at radius 2 is 2.00 bits per heavy atom. The summed E-state index contributed by atoms with van der Waals surface area (Å²) in [6.07, 6.45) is 7.20. The van der Waals surface area contributed by atoms with Crippen molar-refractivity contribution in [3.8, 4) is 0 Å². The smallest absolute Gasteiger partial charge is 0.223 e. The van der Waals surface area contributed by atoms with Gasteiger partial charge >= 0.3 is 0 Å². The standard InChI is InChI=1S/C13H23NOS/c1-2-10-3-5-11(6-4-10)13(15)14-12-7-8-16-9-12/h10-12H,2-9H2,1H3,(H,14,15). The molecule has 2 fully saturated rings. The molecule has 2 aliphatic rings. The van der Waals surface area contributed by atoms with E-state index in [4.69, 9.17) is 0 Å². The highest BCUT2D eigenvalue weighted by atomic mass is 32.2. The van der Waals surface area contributed by atoms with Crippen molar-refractivity contribution >= 4 is 17.7 Å². The number of carbonyl (C=O) groups excluding carboxylic acids is 1. The summed E-state index contributed by atoms with van der Waals surface area (Å²) in [5, 5.41) is 3.22. The maximum atomic E-state index is 12.0. The Balaban J connectivity index is 1.73. The zero-order valence-corrected chi connectivity index (χ0v) is 11.0. The molecule has 0 radical (unpaired) electrons. The maximum absolute atomic E-state index is 12.0. The van der Waals surface area contributed by atoms with Gasteiger partial charge in [-0.25, -0.2) is 0 Å². The topological polar surface area (TPSA) is 29.1 Å². The summed E-state index contributed by atoms with van der Waals surface area (Å²) in [5.74, 6) is 3.87. The molecule has 1 saturated heterocycles. The van der Waals surface area contributed by atoms with E-state index < -0.39 is 0 Å². The molecule has 16 heavy (non-hydrogen) atoms. The van der Waals surface area contributed by atoms with Crippen LogP contribution in [-0.4, -0.2) is 23.5 Å². The molecule has 92 valence electrons. The second-order valence-electron chi connectivity index (χ2n) is 5.19. The Bertz CT molecular complexity index is 230. The highest BCUT2D eigenvalue weighted by Gasteiger charge is 2.27. The zero-order valence-electron chi connectivity index (χ0n) is 10.2. The van der Waals surface area contributed by atoms with Crippen LogP contribution in [0.25, 0.3) is 0 Å². The first kappa shape index (κ1) is 12.3. The van der Waals surface area contributed by atoms with Crippen molar-refractivity contribution < 1.29 is 4.79 Å². The van der Waals surface area contributed by atoms with E-state index in [1.807, 2.05) is 11.8 Å². The SMILES string of the molecule is CCC1CCC(C(=O)NC2CCSC2)CC1. The lowest BCUT2D eigenvalue weighted by molar-refractivity contribution is -0.126. The average molecular weight is 241 g/mol. The van der Waals surface area contributed by atoms with Gasteiger partial charge in [0, 0.05) is 17.7 Å². The number of nitrogens with one attached hydrogen (secondary N) is 1. The lowest BCUT2D eigenvalue weighted by atomic mass is 9.80. The van der Waals surface area contributed by atoms with Gasteiger partial charge in [-0.3, -0.25) is 4.79 Å². The van der Waals surface area contributed by atoms with Gasteiger partial charge in [0.25, 0.3) is 0 Å².